The van der Waals surface area contributed by atoms with Crippen LogP contribution in [0.5, 0.6) is 0 Å². The molecule has 0 saturated heterocycles. The predicted molar refractivity (Wildman–Crippen MR) is 60.2 cm³/mol. The Hall–Kier alpha value is -1.97. The van der Waals surface area contributed by atoms with Crippen LogP contribution in [0.15, 0.2) is 36.5 Å². The summed E-state index contributed by atoms with van der Waals surface area (Å²) >= 11 is 0. The first-order valence-electron chi connectivity index (χ1n) is 5.28. The molecule has 0 fully saturated rings. The minimum Gasteiger partial charge on any atom is -0.296 e. The molecule has 0 atom stereocenters. The standard InChI is InChI=1S/C12H13N3O/c16-10-12-9-15(14-13-12)8-4-7-11-5-2-1-3-6-11/h1-3,5-6,9-10H,4,7-8H2. The summed E-state index contributed by atoms with van der Waals surface area (Å²) in [5.74, 6) is 0. The van der Waals surface area contributed by atoms with Gasteiger partial charge in [0, 0.05) is 6.54 Å². The van der Waals surface area contributed by atoms with Crippen LogP contribution in [0, 0.1) is 0 Å². The van der Waals surface area contributed by atoms with Gasteiger partial charge in [-0.3, -0.25) is 9.48 Å². The Kier molecular flexibility index (Phi) is 3.43. The number of rotatable bonds is 5. The van der Waals surface area contributed by atoms with Gasteiger partial charge in [-0.1, -0.05) is 35.5 Å². The molecule has 2 rings (SSSR count). The highest BCUT2D eigenvalue weighted by Gasteiger charge is 1.98. The quantitative estimate of drug-likeness (QED) is 0.713. The lowest BCUT2D eigenvalue weighted by molar-refractivity contribution is 0.111. The van der Waals surface area contributed by atoms with E-state index in [4.69, 9.17) is 0 Å². The molecule has 0 N–H and O–H groups in total. The topological polar surface area (TPSA) is 47.8 Å². The van der Waals surface area contributed by atoms with Crippen molar-refractivity contribution < 1.29 is 4.79 Å². The van der Waals surface area contributed by atoms with Gasteiger partial charge in [0.2, 0.25) is 0 Å². The van der Waals surface area contributed by atoms with Gasteiger partial charge in [-0.2, -0.15) is 0 Å². The van der Waals surface area contributed by atoms with Crippen molar-refractivity contribution in [1.29, 1.82) is 0 Å². The summed E-state index contributed by atoms with van der Waals surface area (Å²) in [5, 5.41) is 7.56. The van der Waals surface area contributed by atoms with Crippen LogP contribution in [0.2, 0.25) is 0 Å². The first-order valence-corrected chi connectivity index (χ1v) is 5.28. The number of aromatic nitrogens is 3. The van der Waals surface area contributed by atoms with Gasteiger partial charge in [0.1, 0.15) is 5.69 Å². The molecule has 0 aliphatic rings. The predicted octanol–water partition coefficient (Wildman–Crippen LogP) is 1.72. The van der Waals surface area contributed by atoms with Crippen LogP contribution >= 0.6 is 0 Å². The van der Waals surface area contributed by atoms with E-state index in [2.05, 4.69) is 22.4 Å². The number of aldehydes is 1. The van der Waals surface area contributed by atoms with Crippen LogP contribution in [-0.2, 0) is 13.0 Å². The number of aryl methyl sites for hydroxylation is 2. The molecule has 1 heterocycles. The Morgan fingerprint density at radius 3 is 2.75 bits per heavy atom. The van der Waals surface area contributed by atoms with Crippen molar-refractivity contribution in [1.82, 2.24) is 15.0 Å². The van der Waals surface area contributed by atoms with Crippen molar-refractivity contribution in [2.45, 2.75) is 19.4 Å². The lowest BCUT2D eigenvalue weighted by Gasteiger charge is -2.00. The maximum Gasteiger partial charge on any atom is 0.171 e. The fraction of sp³-hybridized carbons (Fsp3) is 0.250. The first kappa shape index (κ1) is 10.5. The molecule has 16 heavy (non-hydrogen) atoms. The van der Waals surface area contributed by atoms with E-state index in [1.54, 1.807) is 10.9 Å². The highest BCUT2D eigenvalue weighted by atomic mass is 16.1. The lowest BCUT2D eigenvalue weighted by Crippen LogP contribution is -2.00. The molecule has 1 aromatic carbocycles. The molecule has 0 saturated carbocycles. The molecule has 0 aliphatic carbocycles. The van der Waals surface area contributed by atoms with E-state index in [9.17, 15) is 4.79 Å². The van der Waals surface area contributed by atoms with Gasteiger partial charge < -0.3 is 0 Å². The zero-order valence-electron chi connectivity index (χ0n) is 8.91. The second-order valence-corrected chi connectivity index (χ2v) is 3.61. The summed E-state index contributed by atoms with van der Waals surface area (Å²) in [6, 6.07) is 10.3. The number of nitrogens with zero attached hydrogens (tertiary/aromatic N) is 3. The smallest absolute Gasteiger partial charge is 0.171 e. The van der Waals surface area contributed by atoms with Crippen molar-refractivity contribution in [3.63, 3.8) is 0 Å². The fourth-order valence-corrected chi connectivity index (χ4v) is 1.57. The second kappa shape index (κ2) is 5.21. The maximum absolute atomic E-state index is 10.4. The number of hydrogen-bond acceptors (Lipinski definition) is 3. The summed E-state index contributed by atoms with van der Waals surface area (Å²) < 4.78 is 1.70. The number of hydrogen-bond donors (Lipinski definition) is 0. The van der Waals surface area contributed by atoms with E-state index in [1.165, 1.54) is 5.56 Å². The Morgan fingerprint density at radius 2 is 2.06 bits per heavy atom. The van der Waals surface area contributed by atoms with Crippen LogP contribution in [0.1, 0.15) is 22.5 Å². The van der Waals surface area contributed by atoms with Gasteiger partial charge >= 0.3 is 0 Å². The summed E-state index contributed by atoms with van der Waals surface area (Å²) in [6.07, 6.45) is 4.38. The first-order chi connectivity index (χ1) is 7.88. The van der Waals surface area contributed by atoms with Gasteiger partial charge in [0.25, 0.3) is 0 Å². The Bertz CT molecular complexity index is 450. The molecular weight excluding hydrogens is 202 g/mol. The molecule has 0 unspecified atom stereocenters. The monoisotopic (exact) mass is 215 g/mol. The average molecular weight is 215 g/mol. The average Bonchev–Trinajstić information content (AvgIpc) is 2.78. The van der Waals surface area contributed by atoms with Crippen molar-refractivity contribution >= 4 is 6.29 Å². The molecule has 0 amide bonds. The van der Waals surface area contributed by atoms with E-state index >= 15 is 0 Å². The largest absolute Gasteiger partial charge is 0.296 e. The number of benzene rings is 1. The maximum atomic E-state index is 10.4. The van der Waals surface area contributed by atoms with Gasteiger partial charge in [-0.25, -0.2) is 0 Å². The van der Waals surface area contributed by atoms with Crippen LogP contribution in [-0.4, -0.2) is 21.3 Å². The van der Waals surface area contributed by atoms with Crippen molar-refractivity contribution in [3.8, 4) is 0 Å². The fourth-order valence-electron chi connectivity index (χ4n) is 1.57. The third kappa shape index (κ3) is 2.76. The zero-order valence-corrected chi connectivity index (χ0v) is 8.91. The van der Waals surface area contributed by atoms with Gasteiger partial charge in [0.05, 0.1) is 6.20 Å². The normalized spacial score (nSPS) is 10.2. The van der Waals surface area contributed by atoms with Gasteiger partial charge in [-0.15, -0.1) is 5.10 Å². The summed E-state index contributed by atoms with van der Waals surface area (Å²) in [6.45, 7) is 0.787. The van der Waals surface area contributed by atoms with E-state index in [-0.39, 0.29) is 0 Å². The molecule has 0 spiro atoms. The van der Waals surface area contributed by atoms with E-state index in [0.717, 1.165) is 19.4 Å². The third-order valence-electron chi connectivity index (χ3n) is 2.37. The Balaban J connectivity index is 1.82. The SMILES string of the molecule is O=Cc1cn(CCCc2ccccc2)nn1. The lowest BCUT2D eigenvalue weighted by atomic mass is 10.1. The van der Waals surface area contributed by atoms with Crippen LogP contribution < -0.4 is 0 Å². The summed E-state index contributed by atoms with van der Waals surface area (Å²) in [4.78, 5) is 10.4. The number of carbonyl (C=O) groups excluding carboxylic acids is 1. The minimum atomic E-state index is 0.389. The molecule has 2 aromatic rings. The molecule has 4 heteroatoms. The van der Waals surface area contributed by atoms with E-state index in [0.29, 0.717) is 12.0 Å². The minimum absolute atomic E-state index is 0.389. The van der Waals surface area contributed by atoms with Crippen molar-refractivity contribution in [2.75, 3.05) is 0 Å². The highest BCUT2D eigenvalue weighted by Crippen LogP contribution is 2.03. The third-order valence-corrected chi connectivity index (χ3v) is 2.37. The van der Waals surface area contributed by atoms with Crippen LogP contribution in [0.3, 0.4) is 0 Å². The Labute approximate surface area is 93.9 Å². The van der Waals surface area contributed by atoms with E-state index in [1.807, 2.05) is 18.2 Å². The second-order valence-electron chi connectivity index (χ2n) is 3.61. The highest BCUT2D eigenvalue weighted by molar-refractivity contribution is 5.70. The molecule has 1 aromatic heterocycles. The zero-order chi connectivity index (χ0) is 11.2. The van der Waals surface area contributed by atoms with Crippen molar-refractivity contribution in [3.05, 3.63) is 47.8 Å². The number of carbonyl (C=O) groups is 1. The van der Waals surface area contributed by atoms with Crippen molar-refractivity contribution in [2.24, 2.45) is 0 Å². The molecule has 0 bridgehead atoms. The van der Waals surface area contributed by atoms with Crippen LogP contribution in [0.25, 0.3) is 0 Å². The molecular formula is C12H13N3O. The molecule has 0 radical (unpaired) electrons. The van der Waals surface area contributed by atoms with Gasteiger partial charge in [-0.05, 0) is 18.4 Å². The molecule has 4 nitrogen and oxygen atoms in total. The van der Waals surface area contributed by atoms with Gasteiger partial charge in [0.15, 0.2) is 6.29 Å². The molecule has 82 valence electrons. The summed E-state index contributed by atoms with van der Waals surface area (Å²) in [5.41, 5.74) is 1.71. The van der Waals surface area contributed by atoms with Crippen LogP contribution in [0.4, 0.5) is 0 Å². The Morgan fingerprint density at radius 1 is 1.25 bits per heavy atom. The van der Waals surface area contributed by atoms with E-state index < -0.39 is 0 Å². The summed E-state index contributed by atoms with van der Waals surface area (Å²) in [7, 11) is 0. The molecule has 0 aliphatic heterocycles.